The summed E-state index contributed by atoms with van der Waals surface area (Å²) in [5.41, 5.74) is 3.24. The summed E-state index contributed by atoms with van der Waals surface area (Å²) < 4.78 is 14.3. The topological polar surface area (TPSA) is 24.9 Å². The van der Waals surface area contributed by atoms with Crippen molar-refractivity contribution in [3.8, 4) is 0 Å². The van der Waals surface area contributed by atoms with Gasteiger partial charge in [-0.25, -0.2) is 9.37 Å². The summed E-state index contributed by atoms with van der Waals surface area (Å²) in [4.78, 5) is 4.66. The molecule has 110 valence electrons. The Bertz CT molecular complexity index is 863. The second kappa shape index (κ2) is 5.36. The van der Waals surface area contributed by atoms with Crippen molar-refractivity contribution in [2.24, 2.45) is 0 Å². The molecule has 3 aromatic rings. The molecule has 0 fully saturated rings. The van der Waals surface area contributed by atoms with Crippen molar-refractivity contribution in [1.29, 1.82) is 0 Å². The zero-order chi connectivity index (χ0) is 15.1. The highest BCUT2D eigenvalue weighted by molar-refractivity contribution is 9.10. The molecule has 1 heterocycles. The highest BCUT2D eigenvalue weighted by Gasteiger charge is 2.22. The van der Waals surface area contributed by atoms with E-state index in [0.717, 1.165) is 39.6 Å². The lowest BCUT2D eigenvalue weighted by molar-refractivity contribution is 0.626. The molecule has 1 aliphatic carbocycles. The summed E-state index contributed by atoms with van der Waals surface area (Å²) in [5, 5.41) is 4.58. The maximum atomic E-state index is 13.3. The molecule has 0 aliphatic heterocycles. The molecule has 4 rings (SSSR count). The molecule has 2 aromatic carbocycles. The van der Waals surface area contributed by atoms with Gasteiger partial charge in [-0.3, -0.25) is 0 Å². The number of hydrogen-bond acceptors (Lipinski definition) is 2. The summed E-state index contributed by atoms with van der Waals surface area (Å²) >= 11 is 3.47. The van der Waals surface area contributed by atoms with Gasteiger partial charge in [-0.05, 0) is 66.4 Å². The van der Waals surface area contributed by atoms with Gasteiger partial charge in [0.25, 0.3) is 0 Å². The number of hydrogen-bond donors (Lipinski definition) is 1. The number of nitrogens with one attached hydrogen (secondary N) is 1. The van der Waals surface area contributed by atoms with E-state index in [0.29, 0.717) is 0 Å². The van der Waals surface area contributed by atoms with Crippen LogP contribution in [0.4, 0.5) is 10.2 Å². The Balaban J connectivity index is 1.64. The SMILES string of the molecule is Fc1ccc2c(c1)CCC2Nc1ccc2cc(Br)ccc2n1. The van der Waals surface area contributed by atoms with Crippen molar-refractivity contribution in [3.05, 3.63) is 69.9 Å². The number of aromatic nitrogens is 1. The fraction of sp³-hybridized carbons (Fsp3) is 0.167. The first-order valence-electron chi connectivity index (χ1n) is 7.30. The maximum Gasteiger partial charge on any atom is 0.127 e. The molecule has 4 heteroatoms. The molecule has 1 N–H and O–H groups in total. The van der Waals surface area contributed by atoms with Gasteiger partial charge < -0.3 is 5.32 Å². The number of benzene rings is 2. The molecule has 1 unspecified atom stereocenters. The van der Waals surface area contributed by atoms with Crippen LogP contribution in [0.5, 0.6) is 0 Å². The predicted octanol–water partition coefficient (Wildman–Crippen LogP) is 5.24. The Morgan fingerprint density at radius 2 is 2.00 bits per heavy atom. The summed E-state index contributed by atoms with van der Waals surface area (Å²) in [7, 11) is 0. The van der Waals surface area contributed by atoms with E-state index < -0.39 is 0 Å². The standard InChI is InChI=1S/C18H14BrFN2/c19-13-3-7-16-12(9-13)2-8-18(21-16)22-17-6-1-11-10-14(20)4-5-15(11)17/h2-5,7-10,17H,1,6H2,(H,21,22). The van der Waals surface area contributed by atoms with Crippen LogP contribution >= 0.6 is 15.9 Å². The highest BCUT2D eigenvalue weighted by atomic mass is 79.9. The van der Waals surface area contributed by atoms with Crippen molar-refractivity contribution < 1.29 is 4.39 Å². The van der Waals surface area contributed by atoms with Gasteiger partial charge in [0.15, 0.2) is 0 Å². The molecule has 1 aromatic heterocycles. The van der Waals surface area contributed by atoms with Gasteiger partial charge in [-0.15, -0.1) is 0 Å². The van der Waals surface area contributed by atoms with Crippen LogP contribution in [0.1, 0.15) is 23.6 Å². The van der Waals surface area contributed by atoms with Gasteiger partial charge in [0, 0.05) is 9.86 Å². The molecule has 1 aliphatic rings. The highest BCUT2D eigenvalue weighted by Crippen LogP contribution is 2.34. The normalized spacial score (nSPS) is 16.7. The molecule has 0 bridgehead atoms. The van der Waals surface area contributed by atoms with E-state index in [1.165, 1.54) is 11.6 Å². The average molecular weight is 357 g/mol. The first-order valence-corrected chi connectivity index (χ1v) is 8.09. The van der Waals surface area contributed by atoms with Crippen molar-refractivity contribution >= 4 is 32.7 Å². The second-order valence-electron chi connectivity index (χ2n) is 5.61. The van der Waals surface area contributed by atoms with E-state index in [1.807, 2.05) is 24.3 Å². The fourth-order valence-corrected chi connectivity index (χ4v) is 3.47. The summed E-state index contributed by atoms with van der Waals surface area (Å²) in [5.74, 6) is 0.700. The van der Waals surface area contributed by atoms with Gasteiger partial charge >= 0.3 is 0 Å². The van der Waals surface area contributed by atoms with Crippen molar-refractivity contribution in [3.63, 3.8) is 0 Å². The predicted molar refractivity (Wildman–Crippen MR) is 90.5 cm³/mol. The molecule has 0 spiro atoms. The number of rotatable bonds is 2. The molecular weight excluding hydrogens is 343 g/mol. The van der Waals surface area contributed by atoms with Crippen LogP contribution in [0.25, 0.3) is 10.9 Å². The van der Waals surface area contributed by atoms with Crippen LogP contribution in [0.3, 0.4) is 0 Å². The quantitative estimate of drug-likeness (QED) is 0.679. The van der Waals surface area contributed by atoms with Crippen molar-refractivity contribution in [2.45, 2.75) is 18.9 Å². The van der Waals surface area contributed by atoms with Crippen LogP contribution in [-0.2, 0) is 6.42 Å². The first kappa shape index (κ1) is 13.7. The number of fused-ring (bicyclic) bond motifs is 2. The molecule has 0 radical (unpaired) electrons. The van der Waals surface area contributed by atoms with Gasteiger partial charge in [0.1, 0.15) is 11.6 Å². The lowest BCUT2D eigenvalue weighted by Gasteiger charge is -2.15. The molecule has 2 nitrogen and oxygen atoms in total. The Labute approximate surface area is 136 Å². The van der Waals surface area contributed by atoms with Crippen molar-refractivity contribution in [2.75, 3.05) is 5.32 Å². The third-order valence-corrected chi connectivity index (χ3v) is 4.65. The minimum Gasteiger partial charge on any atom is -0.363 e. The minimum atomic E-state index is -0.159. The number of pyridine rings is 1. The van der Waals surface area contributed by atoms with E-state index in [2.05, 4.69) is 38.4 Å². The van der Waals surface area contributed by atoms with Gasteiger partial charge in [0.2, 0.25) is 0 Å². The number of aryl methyl sites for hydroxylation is 1. The zero-order valence-corrected chi connectivity index (χ0v) is 13.4. The monoisotopic (exact) mass is 356 g/mol. The Hall–Kier alpha value is -1.94. The molecule has 0 amide bonds. The van der Waals surface area contributed by atoms with Gasteiger partial charge in [0.05, 0.1) is 11.6 Å². The van der Waals surface area contributed by atoms with E-state index in [4.69, 9.17) is 0 Å². The largest absolute Gasteiger partial charge is 0.363 e. The maximum absolute atomic E-state index is 13.3. The first-order chi connectivity index (χ1) is 10.7. The van der Waals surface area contributed by atoms with Crippen LogP contribution in [0, 0.1) is 5.82 Å². The van der Waals surface area contributed by atoms with Crippen LogP contribution in [-0.4, -0.2) is 4.98 Å². The second-order valence-corrected chi connectivity index (χ2v) is 6.53. The van der Waals surface area contributed by atoms with E-state index in [1.54, 1.807) is 6.07 Å². The smallest absolute Gasteiger partial charge is 0.127 e. The Morgan fingerprint density at radius 3 is 2.91 bits per heavy atom. The summed E-state index contributed by atoms with van der Waals surface area (Å²) in [6.07, 6.45) is 1.88. The van der Waals surface area contributed by atoms with Crippen molar-refractivity contribution in [1.82, 2.24) is 4.98 Å². The fourth-order valence-electron chi connectivity index (χ4n) is 3.09. The van der Waals surface area contributed by atoms with E-state index in [-0.39, 0.29) is 11.9 Å². The number of halogens is 2. The van der Waals surface area contributed by atoms with Crippen LogP contribution in [0.2, 0.25) is 0 Å². The molecule has 0 saturated heterocycles. The number of nitrogens with zero attached hydrogens (tertiary/aromatic N) is 1. The average Bonchev–Trinajstić information content (AvgIpc) is 2.89. The van der Waals surface area contributed by atoms with Gasteiger partial charge in [-0.2, -0.15) is 0 Å². The Morgan fingerprint density at radius 1 is 1.09 bits per heavy atom. The zero-order valence-electron chi connectivity index (χ0n) is 11.8. The van der Waals surface area contributed by atoms with Gasteiger partial charge in [-0.1, -0.05) is 22.0 Å². The van der Waals surface area contributed by atoms with Crippen LogP contribution < -0.4 is 5.32 Å². The Kier molecular flexibility index (Phi) is 3.34. The summed E-state index contributed by atoms with van der Waals surface area (Å²) in [6, 6.07) is 15.4. The van der Waals surface area contributed by atoms with Crippen LogP contribution in [0.15, 0.2) is 53.0 Å². The van der Waals surface area contributed by atoms with E-state index in [9.17, 15) is 4.39 Å². The molecule has 22 heavy (non-hydrogen) atoms. The molecule has 1 atom stereocenters. The molecular formula is C18H14BrFN2. The third kappa shape index (κ3) is 2.48. The summed E-state index contributed by atoms with van der Waals surface area (Å²) in [6.45, 7) is 0. The minimum absolute atomic E-state index is 0.159. The lowest BCUT2D eigenvalue weighted by atomic mass is 10.1. The number of anilines is 1. The van der Waals surface area contributed by atoms with E-state index >= 15 is 0 Å². The molecule has 0 saturated carbocycles. The lowest BCUT2D eigenvalue weighted by Crippen LogP contribution is -2.08. The third-order valence-electron chi connectivity index (χ3n) is 4.16.